The van der Waals surface area contributed by atoms with Crippen molar-refractivity contribution in [2.75, 3.05) is 31.2 Å². The fourth-order valence-electron chi connectivity index (χ4n) is 5.39. The number of carbonyl (C=O) groups is 1. The van der Waals surface area contributed by atoms with Crippen LogP contribution in [0.2, 0.25) is 0 Å². The van der Waals surface area contributed by atoms with Crippen molar-refractivity contribution < 1.29 is 19.4 Å². The lowest BCUT2D eigenvalue weighted by atomic mass is 10.1. The molecule has 0 radical (unpaired) electrons. The van der Waals surface area contributed by atoms with Crippen molar-refractivity contribution in [3.8, 4) is 34.2 Å². The van der Waals surface area contributed by atoms with E-state index in [1.165, 1.54) is 0 Å². The van der Waals surface area contributed by atoms with Crippen molar-refractivity contribution in [2.24, 2.45) is 5.73 Å². The molecular weight excluding hydrogens is 586 g/mol. The van der Waals surface area contributed by atoms with Crippen molar-refractivity contribution in [1.29, 1.82) is 0 Å². The summed E-state index contributed by atoms with van der Waals surface area (Å²) in [5, 5.41) is 23.9. The molecule has 1 saturated heterocycles. The first-order valence-corrected chi connectivity index (χ1v) is 15.0. The molecule has 1 aliphatic heterocycles. The molecule has 3 N–H and O–H groups in total. The summed E-state index contributed by atoms with van der Waals surface area (Å²) in [6.07, 6.45) is 2.20. The van der Waals surface area contributed by atoms with E-state index in [0.717, 1.165) is 41.4 Å². The maximum absolute atomic E-state index is 12.6. The van der Waals surface area contributed by atoms with Crippen LogP contribution in [0.1, 0.15) is 11.3 Å². The molecule has 6 aromatic rings. The number of morpholine rings is 1. The molecule has 0 bridgehead atoms. The van der Waals surface area contributed by atoms with Crippen LogP contribution in [0.3, 0.4) is 0 Å². The van der Waals surface area contributed by atoms with Crippen molar-refractivity contribution in [1.82, 2.24) is 34.2 Å². The Kier molecular flexibility index (Phi) is 7.91. The first kappa shape index (κ1) is 29.2. The Bertz CT molecular complexity index is 1980. The number of benzene rings is 2. The lowest BCUT2D eigenvalue weighted by Gasteiger charge is -2.29. The summed E-state index contributed by atoms with van der Waals surface area (Å²) in [6.45, 7) is 4.47. The highest BCUT2D eigenvalue weighted by atomic mass is 16.5. The van der Waals surface area contributed by atoms with E-state index in [-0.39, 0.29) is 18.9 Å². The van der Waals surface area contributed by atoms with E-state index >= 15 is 0 Å². The molecule has 1 fully saturated rings. The summed E-state index contributed by atoms with van der Waals surface area (Å²) in [4.78, 5) is 19.8. The van der Waals surface area contributed by atoms with Gasteiger partial charge in [0.05, 0.1) is 18.9 Å². The number of phenols is 1. The minimum absolute atomic E-state index is 0.0915. The van der Waals surface area contributed by atoms with E-state index in [9.17, 15) is 9.90 Å². The van der Waals surface area contributed by atoms with Crippen LogP contribution >= 0.6 is 0 Å². The highest BCUT2D eigenvalue weighted by Crippen LogP contribution is 2.26. The fraction of sp³-hybridized carbons (Fsp3) is 0.242. The molecule has 0 aliphatic carbocycles. The van der Waals surface area contributed by atoms with Gasteiger partial charge in [0.25, 0.3) is 0 Å². The number of aromatic hydroxyl groups is 1. The average Bonchev–Trinajstić information content (AvgIpc) is 3.84. The van der Waals surface area contributed by atoms with Crippen LogP contribution in [0.4, 0.5) is 5.82 Å². The Hall–Kier alpha value is -5.53. The van der Waals surface area contributed by atoms with Crippen molar-refractivity contribution in [2.45, 2.75) is 26.1 Å². The van der Waals surface area contributed by atoms with Gasteiger partial charge in [0.2, 0.25) is 0 Å². The molecule has 234 valence electrons. The largest absolute Gasteiger partial charge is 0.508 e. The molecule has 0 amide bonds. The Balaban J connectivity index is 1.14. The van der Waals surface area contributed by atoms with Gasteiger partial charge in [0.1, 0.15) is 29.0 Å². The maximum atomic E-state index is 12.6. The van der Waals surface area contributed by atoms with Crippen molar-refractivity contribution >= 4 is 17.4 Å². The van der Waals surface area contributed by atoms with Crippen LogP contribution in [0.15, 0.2) is 85.1 Å². The zero-order chi connectivity index (χ0) is 31.6. The van der Waals surface area contributed by atoms with Crippen molar-refractivity contribution in [3.63, 3.8) is 0 Å². The highest BCUT2D eigenvalue weighted by Gasteiger charge is 2.21. The zero-order valence-corrected chi connectivity index (χ0v) is 25.2. The summed E-state index contributed by atoms with van der Waals surface area (Å²) < 4.78 is 16.3. The second kappa shape index (κ2) is 12.5. The summed E-state index contributed by atoms with van der Waals surface area (Å²) in [7, 11) is 0. The van der Waals surface area contributed by atoms with Gasteiger partial charge in [-0.15, -0.1) is 0 Å². The molecule has 2 aromatic carbocycles. The summed E-state index contributed by atoms with van der Waals surface area (Å²) in [5.74, 6) is 1.15. The first-order valence-electron chi connectivity index (χ1n) is 15.0. The predicted octanol–water partition coefficient (Wildman–Crippen LogP) is 3.37. The highest BCUT2D eigenvalue weighted by molar-refractivity contribution is 5.75. The molecule has 13 nitrogen and oxygen atoms in total. The summed E-state index contributed by atoms with van der Waals surface area (Å²) in [5.41, 5.74) is 11.5. The SMILES string of the molecule is Cc1cc(-c2cc3nc(-n4ccc(-c5ccccc5)n4)cc(N4CCOCC4)n3n2)nn1COC(=O)[C@@H](N)Cc1ccc(O)cc1. The normalized spacial score (nSPS) is 14.1. The molecule has 1 aliphatic rings. The number of carbonyl (C=O) groups excluding carboxylic acids is 1. The Labute approximate surface area is 264 Å². The molecule has 46 heavy (non-hydrogen) atoms. The number of rotatable bonds is 9. The Morgan fingerprint density at radius 2 is 1.72 bits per heavy atom. The summed E-state index contributed by atoms with van der Waals surface area (Å²) >= 11 is 0. The van der Waals surface area contributed by atoms with E-state index in [1.807, 2.05) is 72.2 Å². The minimum atomic E-state index is -0.851. The number of nitrogens with zero attached hydrogens (tertiary/aromatic N) is 8. The molecule has 0 spiro atoms. The van der Waals surface area contributed by atoms with Crippen LogP contribution in [0, 0.1) is 6.92 Å². The van der Waals surface area contributed by atoms with Crippen LogP contribution in [0.25, 0.3) is 34.1 Å². The van der Waals surface area contributed by atoms with Gasteiger partial charge in [-0.2, -0.15) is 19.8 Å². The summed E-state index contributed by atoms with van der Waals surface area (Å²) in [6, 6.07) is 23.5. The topological polar surface area (TPSA) is 151 Å². The van der Waals surface area contributed by atoms with Crippen LogP contribution < -0.4 is 10.6 Å². The van der Waals surface area contributed by atoms with Crippen LogP contribution in [0.5, 0.6) is 5.75 Å². The lowest BCUT2D eigenvalue weighted by molar-refractivity contribution is -0.149. The standard InChI is InChI=1S/C33H33N9O4/c1-22-17-28(37-41(22)21-46-33(44)26(34)18-23-7-9-25(43)10-8-23)29-19-31-35-30(20-32(42(31)38-29)39-13-15-45-16-14-39)40-12-11-27(36-40)24-5-3-2-4-6-24/h2-12,17,19-20,26,43H,13-16,18,21,34H2,1H3/t26-/m0/s1. The number of ether oxygens (including phenoxy) is 2. The smallest absolute Gasteiger partial charge is 0.325 e. The number of esters is 1. The van der Waals surface area contributed by atoms with E-state index in [4.69, 9.17) is 30.4 Å². The molecule has 1 atom stereocenters. The fourth-order valence-corrected chi connectivity index (χ4v) is 5.39. The van der Waals surface area contributed by atoms with E-state index in [0.29, 0.717) is 36.1 Å². The van der Waals surface area contributed by atoms with E-state index < -0.39 is 12.0 Å². The van der Waals surface area contributed by atoms with Gasteiger partial charge in [0.15, 0.2) is 18.2 Å². The molecule has 0 unspecified atom stereocenters. The predicted molar refractivity (Wildman–Crippen MR) is 170 cm³/mol. The number of fused-ring (bicyclic) bond motifs is 1. The van der Waals surface area contributed by atoms with E-state index in [1.54, 1.807) is 33.6 Å². The third kappa shape index (κ3) is 6.05. The van der Waals surface area contributed by atoms with Gasteiger partial charge < -0.3 is 25.2 Å². The molecule has 0 saturated carbocycles. The Morgan fingerprint density at radius 3 is 2.50 bits per heavy atom. The molecular formula is C33H33N9O4. The number of anilines is 1. The van der Waals surface area contributed by atoms with Gasteiger partial charge >= 0.3 is 5.97 Å². The molecule has 13 heteroatoms. The number of aromatic nitrogens is 7. The lowest BCUT2D eigenvalue weighted by Crippen LogP contribution is -2.37. The monoisotopic (exact) mass is 619 g/mol. The van der Waals surface area contributed by atoms with Gasteiger partial charge in [-0.1, -0.05) is 42.5 Å². The third-order valence-electron chi connectivity index (χ3n) is 7.89. The van der Waals surface area contributed by atoms with Gasteiger partial charge in [-0.05, 0) is 43.2 Å². The number of aryl methyl sites for hydroxylation is 1. The number of hydrogen-bond donors (Lipinski definition) is 2. The van der Waals surface area contributed by atoms with Crippen molar-refractivity contribution in [3.05, 3.63) is 96.3 Å². The van der Waals surface area contributed by atoms with Gasteiger partial charge in [0, 0.05) is 42.7 Å². The first-order chi connectivity index (χ1) is 22.4. The number of nitrogens with two attached hydrogens (primary N) is 1. The second-order valence-electron chi connectivity index (χ2n) is 11.1. The number of phenolic OH excluding ortho intramolecular Hbond substituents is 1. The van der Waals surface area contributed by atoms with Gasteiger partial charge in [-0.25, -0.2) is 14.3 Å². The van der Waals surface area contributed by atoms with Crippen LogP contribution in [-0.2, 0) is 27.4 Å². The Morgan fingerprint density at radius 1 is 0.957 bits per heavy atom. The molecule has 7 rings (SSSR count). The molecule has 5 heterocycles. The number of hydrogen-bond acceptors (Lipinski definition) is 10. The second-order valence-corrected chi connectivity index (χ2v) is 11.1. The maximum Gasteiger partial charge on any atom is 0.325 e. The van der Waals surface area contributed by atoms with Gasteiger partial charge in [-0.3, -0.25) is 4.79 Å². The van der Waals surface area contributed by atoms with Crippen LogP contribution in [-0.4, -0.2) is 77.6 Å². The van der Waals surface area contributed by atoms with E-state index in [2.05, 4.69) is 10.00 Å². The average molecular weight is 620 g/mol. The zero-order valence-electron chi connectivity index (χ0n) is 25.2. The molecule has 4 aromatic heterocycles. The third-order valence-corrected chi connectivity index (χ3v) is 7.89. The quantitative estimate of drug-likeness (QED) is 0.231. The minimum Gasteiger partial charge on any atom is -0.508 e.